The van der Waals surface area contributed by atoms with E-state index in [1.54, 1.807) is 19.2 Å². The lowest BCUT2D eigenvalue weighted by Crippen LogP contribution is -2.18. The average Bonchev–Trinajstić information content (AvgIpc) is 2.60. The second-order valence-electron chi connectivity index (χ2n) is 3.08. The summed E-state index contributed by atoms with van der Waals surface area (Å²) in [6, 6.07) is 5.45. The Balaban J connectivity index is 2.42. The number of halogens is 1. The number of rotatable bonds is 3. The number of hydrogen-bond acceptors (Lipinski definition) is 4. The minimum absolute atomic E-state index is 0.00909. The van der Waals surface area contributed by atoms with Gasteiger partial charge < -0.3 is 5.32 Å². The van der Waals surface area contributed by atoms with Crippen molar-refractivity contribution in [3.05, 3.63) is 28.2 Å². The molecule has 0 amide bonds. The summed E-state index contributed by atoms with van der Waals surface area (Å²) < 4.78 is 0.985. The van der Waals surface area contributed by atoms with Crippen LogP contribution in [0.5, 0.6) is 0 Å². The molecule has 0 unspecified atom stereocenters. The van der Waals surface area contributed by atoms with Crippen molar-refractivity contribution in [2.24, 2.45) is 0 Å². The van der Waals surface area contributed by atoms with Crippen LogP contribution < -0.4 is 5.32 Å². The maximum Gasteiger partial charge on any atom is 0.205 e. The number of aromatic nitrogens is 1. The highest BCUT2D eigenvalue weighted by Crippen LogP contribution is 2.24. The van der Waals surface area contributed by atoms with Gasteiger partial charge in [-0.05, 0) is 25.2 Å². The van der Waals surface area contributed by atoms with Crippen LogP contribution in [-0.4, -0.2) is 24.4 Å². The van der Waals surface area contributed by atoms with Gasteiger partial charge in [0.15, 0.2) is 5.01 Å². The van der Waals surface area contributed by atoms with Crippen molar-refractivity contribution in [3.8, 4) is 0 Å². The van der Waals surface area contributed by atoms with Gasteiger partial charge in [-0.2, -0.15) is 0 Å². The van der Waals surface area contributed by atoms with Crippen LogP contribution >= 0.6 is 22.9 Å². The van der Waals surface area contributed by atoms with E-state index in [1.165, 1.54) is 11.3 Å². The van der Waals surface area contributed by atoms with Crippen LogP contribution in [0, 0.1) is 0 Å². The minimum Gasteiger partial charge on any atom is -0.313 e. The van der Waals surface area contributed by atoms with E-state index in [9.17, 15) is 4.79 Å². The molecule has 15 heavy (non-hydrogen) atoms. The number of nitrogens with one attached hydrogen (secondary N) is 1. The fourth-order valence-electron chi connectivity index (χ4n) is 1.26. The molecule has 0 aliphatic carbocycles. The standard InChI is InChI=1S/C10H9ClN2OS/c1-12-5-8(14)10-13-7-4-6(11)2-3-9(7)15-10/h2-4,12H,5H2,1H3. The van der Waals surface area contributed by atoms with Crippen LogP contribution in [0.3, 0.4) is 0 Å². The summed E-state index contributed by atoms with van der Waals surface area (Å²) in [5.74, 6) is 0.00909. The average molecular weight is 241 g/mol. The predicted octanol–water partition coefficient (Wildman–Crippen LogP) is 2.35. The van der Waals surface area contributed by atoms with E-state index >= 15 is 0 Å². The van der Waals surface area contributed by atoms with E-state index in [0.717, 1.165) is 10.2 Å². The lowest BCUT2D eigenvalue weighted by atomic mass is 10.3. The topological polar surface area (TPSA) is 42.0 Å². The molecular weight excluding hydrogens is 232 g/mol. The molecule has 0 aliphatic heterocycles. The van der Waals surface area contributed by atoms with Crippen molar-refractivity contribution in [3.63, 3.8) is 0 Å². The molecule has 0 fully saturated rings. The fraction of sp³-hybridized carbons (Fsp3) is 0.200. The van der Waals surface area contributed by atoms with Crippen LogP contribution in [0.2, 0.25) is 5.02 Å². The summed E-state index contributed by atoms with van der Waals surface area (Å²) in [5, 5.41) is 3.98. The van der Waals surface area contributed by atoms with E-state index in [2.05, 4.69) is 10.3 Å². The Bertz CT molecular complexity index is 509. The van der Waals surface area contributed by atoms with Gasteiger partial charge in [0, 0.05) is 5.02 Å². The number of fused-ring (bicyclic) bond motifs is 1. The quantitative estimate of drug-likeness (QED) is 0.838. The van der Waals surface area contributed by atoms with Crippen molar-refractivity contribution >= 4 is 38.9 Å². The molecule has 0 spiro atoms. The number of Topliss-reactive ketones (excluding diaryl/α,β-unsaturated/α-hetero) is 1. The van der Waals surface area contributed by atoms with E-state index in [1.807, 2.05) is 6.07 Å². The highest BCUT2D eigenvalue weighted by atomic mass is 35.5. The molecule has 2 aromatic rings. The molecule has 0 aliphatic rings. The van der Waals surface area contributed by atoms with Crippen molar-refractivity contribution in [1.29, 1.82) is 0 Å². The summed E-state index contributed by atoms with van der Waals surface area (Å²) in [6.07, 6.45) is 0. The molecule has 0 saturated carbocycles. The number of likely N-dealkylation sites (N-methyl/N-ethyl adjacent to an activating group) is 1. The zero-order valence-corrected chi connectivity index (χ0v) is 9.65. The lowest BCUT2D eigenvalue weighted by molar-refractivity contribution is 0.0993. The molecule has 5 heteroatoms. The van der Waals surface area contributed by atoms with Gasteiger partial charge in [-0.25, -0.2) is 4.98 Å². The van der Waals surface area contributed by atoms with Gasteiger partial charge in [-0.15, -0.1) is 11.3 Å². The van der Waals surface area contributed by atoms with E-state index in [4.69, 9.17) is 11.6 Å². The molecule has 1 aromatic carbocycles. The highest BCUT2D eigenvalue weighted by Gasteiger charge is 2.11. The van der Waals surface area contributed by atoms with Gasteiger partial charge in [0.05, 0.1) is 16.8 Å². The summed E-state index contributed by atoms with van der Waals surface area (Å²) in [4.78, 5) is 15.8. The largest absolute Gasteiger partial charge is 0.313 e. The summed E-state index contributed by atoms with van der Waals surface area (Å²) >= 11 is 7.23. The van der Waals surface area contributed by atoms with E-state index < -0.39 is 0 Å². The first kappa shape index (κ1) is 10.5. The molecule has 1 N–H and O–H groups in total. The molecule has 0 saturated heterocycles. The number of hydrogen-bond donors (Lipinski definition) is 1. The van der Waals surface area contributed by atoms with Gasteiger partial charge in [-0.3, -0.25) is 4.79 Å². The second kappa shape index (κ2) is 4.26. The number of nitrogens with zero attached hydrogens (tertiary/aromatic N) is 1. The Kier molecular flexibility index (Phi) is 3.00. The van der Waals surface area contributed by atoms with Gasteiger partial charge in [0.25, 0.3) is 0 Å². The van der Waals surface area contributed by atoms with Gasteiger partial charge >= 0.3 is 0 Å². The van der Waals surface area contributed by atoms with E-state index in [-0.39, 0.29) is 5.78 Å². The number of carbonyl (C=O) groups excluding carboxylic acids is 1. The first-order chi connectivity index (χ1) is 7.20. The third-order valence-corrected chi connectivity index (χ3v) is 3.24. The Morgan fingerprint density at radius 1 is 1.60 bits per heavy atom. The number of thiazole rings is 1. The first-order valence-corrected chi connectivity index (χ1v) is 5.64. The van der Waals surface area contributed by atoms with Crippen LogP contribution in [-0.2, 0) is 0 Å². The summed E-state index contributed by atoms with van der Waals surface area (Å²) in [6.45, 7) is 0.313. The van der Waals surface area contributed by atoms with Crippen molar-refractivity contribution in [2.75, 3.05) is 13.6 Å². The maximum absolute atomic E-state index is 11.6. The second-order valence-corrected chi connectivity index (χ2v) is 4.55. The first-order valence-electron chi connectivity index (χ1n) is 4.44. The van der Waals surface area contributed by atoms with Gasteiger partial charge in [-0.1, -0.05) is 11.6 Å². The van der Waals surface area contributed by atoms with E-state index in [0.29, 0.717) is 16.6 Å². The molecule has 0 radical (unpaired) electrons. The van der Waals surface area contributed by atoms with Crippen LogP contribution in [0.4, 0.5) is 0 Å². The van der Waals surface area contributed by atoms with Crippen molar-refractivity contribution < 1.29 is 4.79 Å². The molecule has 0 bridgehead atoms. The zero-order chi connectivity index (χ0) is 10.8. The Labute approximate surface area is 96.1 Å². The monoisotopic (exact) mass is 240 g/mol. The van der Waals surface area contributed by atoms with Gasteiger partial charge in [0.2, 0.25) is 5.78 Å². The van der Waals surface area contributed by atoms with Crippen LogP contribution in [0.15, 0.2) is 18.2 Å². The maximum atomic E-state index is 11.6. The lowest BCUT2D eigenvalue weighted by Gasteiger charge is -1.92. The molecule has 1 heterocycles. The minimum atomic E-state index is 0.00909. The third kappa shape index (κ3) is 2.17. The summed E-state index contributed by atoms with van der Waals surface area (Å²) in [7, 11) is 1.74. The fourth-order valence-corrected chi connectivity index (χ4v) is 2.31. The van der Waals surface area contributed by atoms with Crippen molar-refractivity contribution in [2.45, 2.75) is 0 Å². The molecule has 78 valence electrons. The van der Waals surface area contributed by atoms with Crippen LogP contribution in [0.1, 0.15) is 9.80 Å². The Morgan fingerprint density at radius 2 is 2.40 bits per heavy atom. The highest BCUT2D eigenvalue weighted by molar-refractivity contribution is 7.20. The predicted molar refractivity (Wildman–Crippen MR) is 62.9 cm³/mol. The molecule has 2 rings (SSSR count). The van der Waals surface area contributed by atoms with Crippen LogP contribution in [0.25, 0.3) is 10.2 Å². The number of ketones is 1. The smallest absolute Gasteiger partial charge is 0.205 e. The SMILES string of the molecule is CNCC(=O)c1nc2cc(Cl)ccc2s1. The molecule has 0 atom stereocenters. The Morgan fingerprint density at radius 3 is 3.13 bits per heavy atom. The number of benzene rings is 1. The molecule has 1 aromatic heterocycles. The molecular formula is C10H9ClN2OS. The third-order valence-electron chi connectivity index (χ3n) is 1.93. The Hall–Kier alpha value is -0.970. The van der Waals surface area contributed by atoms with Crippen molar-refractivity contribution in [1.82, 2.24) is 10.3 Å². The zero-order valence-electron chi connectivity index (χ0n) is 8.08. The van der Waals surface area contributed by atoms with Gasteiger partial charge in [0.1, 0.15) is 0 Å². The summed E-state index contributed by atoms with van der Waals surface area (Å²) in [5.41, 5.74) is 0.784. The number of carbonyl (C=O) groups is 1. The molecule has 3 nitrogen and oxygen atoms in total. The normalized spacial score (nSPS) is 10.8.